The van der Waals surface area contributed by atoms with E-state index < -0.39 is 0 Å². The van der Waals surface area contributed by atoms with Gasteiger partial charge in [0.15, 0.2) is 0 Å². The molecule has 4 rings (SSSR count). The Morgan fingerprint density at radius 3 is 2.45 bits per heavy atom. The van der Waals surface area contributed by atoms with Crippen molar-refractivity contribution in [1.29, 1.82) is 0 Å². The molecule has 1 saturated heterocycles. The van der Waals surface area contributed by atoms with Gasteiger partial charge in [0.25, 0.3) is 0 Å². The van der Waals surface area contributed by atoms with Crippen molar-refractivity contribution >= 4 is 28.8 Å². The molecule has 0 unspecified atom stereocenters. The fraction of sp³-hybridized carbons (Fsp3) is 0.273. The average molecular weight is 391 g/mol. The molecule has 1 aliphatic rings. The summed E-state index contributed by atoms with van der Waals surface area (Å²) in [6.07, 6.45) is 0. The molecular formula is C22H25N5O2. The molecule has 0 atom stereocenters. The van der Waals surface area contributed by atoms with E-state index in [0.29, 0.717) is 11.8 Å². The Balaban J connectivity index is 1.59. The van der Waals surface area contributed by atoms with Crippen molar-refractivity contribution in [1.82, 2.24) is 9.97 Å². The third-order valence-electron chi connectivity index (χ3n) is 4.73. The maximum atomic E-state index is 5.48. The molecular weight excluding hydrogens is 366 g/mol. The normalized spacial score (nSPS) is 13.8. The summed E-state index contributed by atoms with van der Waals surface area (Å²) >= 11 is 0. The predicted molar refractivity (Wildman–Crippen MR) is 116 cm³/mol. The molecule has 1 aliphatic heterocycles. The van der Waals surface area contributed by atoms with E-state index in [1.165, 1.54) is 0 Å². The zero-order valence-electron chi connectivity index (χ0n) is 16.7. The van der Waals surface area contributed by atoms with Gasteiger partial charge < -0.3 is 25.0 Å². The minimum atomic E-state index is 0.545. The number of aryl methyl sites for hydroxylation is 1. The van der Waals surface area contributed by atoms with Crippen LogP contribution in [0.25, 0.3) is 0 Å². The van der Waals surface area contributed by atoms with E-state index in [9.17, 15) is 0 Å². The van der Waals surface area contributed by atoms with E-state index in [1.807, 2.05) is 55.5 Å². The number of anilines is 5. The first-order chi connectivity index (χ1) is 14.2. The van der Waals surface area contributed by atoms with Crippen LogP contribution in [0.5, 0.6) is 5.75 Å². The molecule has 150 valence electrons. The van der Waals surface area contributed by atoms with E-state index in [2.05, 4.69) is 31.6 Å². The van der Waals surface area contributed by atoms with Crippen molar-refractivity contribution in [3.05, 3.63) is 60.3 Å². The largest absolute Gasteiger partial charge is 0.495 e. The van der Waals surface area contributed by atoms with Crippen LogP contribution in [-0.2, 0) is 4.74 Å². The number of methoxy groups -OCH3 is 1. The minimum Gasteiger partial charge on any atom is -0.495 e. The second-order valence-corrected chi connectivity index (χ2v) is 6.79. The molecule has 0 amide bonds. The van der Waals surface area contributed by atoms with Gasteiger partial charge in [-0.3, -0.25) is 0 Å². The van der Waals surface area contributed by atoms with Gasteiger partial charge in [-0.1, -0.05) is 24.3 Å². The Labute approximate surface area is 170 Å². The molecule has 29 heavy (non-hydrogen) atoms. The highest BCUT2D eigenvalue weighted by Gasteiger charge is 2.15. The summed E-state index contributed by atoms with van der Waals surface area (Å²) in [4.78, 5) is 11.5. The lowest BCUT2D eigenvalue weighted by atomic mass is 10.2. The number of benzene rings is 2. The van der Waals surface area contributed by atoms with Crippen LogP contribution >= 0.6 is 0 Å². The molecule has 2 heterocycles. The molecule has 0 radical (unpaired) electrons. The molecule has 7 nitrogen and oxygen atoms in total. The fourth-order valence-electron chi connectivity index (χ4n) is 3.35. The van der Waals surface area contributed by atoms with Gasteiger partial charge in [-0.2, -0.15) is 4.98 Å². The number of aromatic nitrogens is 2. The smallest absolute Gasteiger partial charge is 0.229 e. The summed E-state index contributed by atoms with van der Waals surface area (Å²) < 4.78 is 10.9. The van der Waals surface area contributed by atoms with Crippen molar-refractivity contribution in [3.8, 4) is 5.75 Å². The van der Waals surface area contributed by atoms with Gasteiger partial charge in [0, 0.05) is 24.8 Å². The van der Waals surface area contributed by atoms with Crippen molar-refractivity contribution < 1.29 is 9.47 Å². The van der Waals surface area contributed by atoms with Gasteiger partial charge in [-0.25, -0.2) is 4.98 Å². The minimum absolute atomic E-state index is 0.545. The van der Waals surface area contributed by atoms with Crippen LogP contribution in [0.15, 0.2) is 54.6 Å². The number of rotatable bonds is 6. The molecule has 0 aliphatic carbocycles. The second-order valence-electron chi connectivity index (χ2n) is 6.79. The summed E-state index contributed by atoms with van der Waals surface area (Å²) in [6.45, 7) is 5.17. The molecule has 2 N–H and O–H groups in total. The van der Waals surface area contributed by atoms with Crippen molar-refractivity contribution in [3.63, 3.8) is 0 Å². The number of nitrogens with one attached hydrogen (secondary N) is 2. The molecule has 7 heteroatoms. The number of ether oxygens (including phenoxy) is 2. The first kappa shape index (κ1) is 19.0. The van der Waals surface area contributed by atoms with Gasteiger partial charge in [0.1, 0.15) is 11.6 Å². The van der Waals surface area contributed by atoms with E-state index in [0.717, 1.165) is 54.8 Å². The number of hydrogen-bond donors (Lipinski definition) is 2. The Morgan fingerprint density at radius 1 is 0.931 bits per heavy atom. The standard InChI is InChI=1S/C22H25N5O2/c1-16-15-21(24-18-8-4-6-10-20(18)28-2)26-22(23-16)25-17-7-3-5-9-19(17)27-11-13-29-14-12-27/h3-10,15H,11-14H2,1-2H3,(H2,23,24,25,26). The fourth-order valence-corrected chi connectivity index (χ4v) is 3.35. The van der Waals surface area contributed by atoms with Gasteiger partial charge in [-0.15, -0.1) is 0 Å². The quantitative estimate of drug-likeness (QED) is 0.655. The lowest BCUT2D eigenvalue weighted by Gasteiger charge is -2.30. The van der Waals surface area contributed by atoms with Crippen LogP contribution in [-0.4, -0.2) is 43.4 Å². The summed E-state index contributed by atoms with van der Waals surface area (Å²) in [6, 6.07) is 17.9. The Hall–Kier alpha value is -3.32. The highest BCUT2D eigenvalue weighted by Crippen LogP contribution is 2.30. The lowest BCUT2D eigenvalue weighted by molar-refractivity contribution is 0.123. The van der Waals surface area contributed by atoms with Crippen molar-refractivity contribution in [2.45, 2.75) is 6.92 Å². The average Bonchev–Trinajstić information content (AvgIpc) is 2.75. The van der Waals surface area contributed by atoms with Crippen molar-refractivity contribution in [2.75, 3.05) is 48.9 Å². The van der Waals surface area contributed by atoms with E-state index in [1.54, 1.807) is 7.11 Å². The van der Waals surface area contributed by atoms with E-state index in [-0.39, 0.29) is 0 Å². The topological polar surface area (TPSA) is 71.5 Å². The Morgan fingerprint density at radius 2 is 1.66 bits per heavy atom. The van der Waals surface area contributed by atoms with E-state index in [4.69, 9.17) is 9.47 Å². The third-order valence-corrected chi connectivity index (χ3v) is 4.73. The molecule has 0 spiro atoms. The molecule has 3 aromatic rings. The monoisotopic (exact) mass is 391 g/mol. The molecule has 1 fully saturated rings. The Kier molecular flexibility index (Phi) is 5.76. The van der Waals surface area contributed by atoms with Crippen LogP contribution in [0.2, 0.25) is 0 Å². The summed E-state index contributed by atoms with van der Waals surface area (Å²) in [5.41, 5.74) is 3.82. The summed E-state index contributed by atoms with van der Waals surface area (Å²) in [5, 5.41) is 6.71. The zero-order valence-corrected chi connectivity index (χ0v) is 16.7. The predicted octanol–water partition coefficient (Wildman–Crippen LogP) is 4.12. The molecule has 1 aromatic heterocycles. The third kappa shape index (κ3) is 4.57. The highest BCUT2D eigenvalue weighted by atomic mass is 16.5. The van der Waals surface area contributed by atoms with E-state index >= 15 is 0 Å². The summed E-state index contributed by atoms with van der Waals surface area (Å²) in [7, 11) is 1.65. The Bertz CT molecular complexity index is 973. The SMILES string of the molecule is COc1ccccc1Nc1cc(C)nc(Nc2ccccc2N2CCOCC2)n1. The highest BCUT2D eigenvalue weighted by molar-refractivity contribution is 5.74. The van der Waals surface area contributed by atoms with Crippen LogP contribution in [0.3, 0.4) is 0 Å². The van der Waals surface area contributed by atoms with Crippen LogP contribution in [0.1, 0.15) is 5.69 Å². The van der Waals surface area contributed by atoms with Crippen LogP contribution in [0, 0.1) is 6.92 Å². The number of morpholine rings is 1. The number of para-hydroxylation sites is 4. The lowest BCUT2D eigenvalue weighted by Crippen LogP contribution is -2.36. The zero-order chi connectivity index (χ0) is 20.1. The molecule has 0 saturated carbocycles. The maximum absolute atomic E-state index is 5.48. The summed E-state index contributed by atoms with van der Waals surface area (Å²) in [5.74, 6) is 2.01. The maximum Gasteiger partial charge on any atom is 0.229 e. The van der Waals surface area contributed by atoms with Crippen molar-refractivity contribution in [2.24, 2.45) is 0 Å². The molecule has 2 aromatic carbocycles. The molecule has 0 bridgehead atoms. The number of hydrogen-bond acceptors (Lipinski definition) is 7. The van der Waals surface area contributed by atoms with Gasteiger partial charge in [-0.05, 0) is 31.2 Å². The first-order valence-electron chi connectivity index (χ1n) is 9.67. The van der Waals surface area contributed by atoms with Crippen LogP contribution < -0.4 is 20.3 Å². The van der Waals surface area contributed by atoms with Gasteiger partial charge in [0.2, 0.25) is 5.95 Å². The first-order valence-corrected chi connectivity index (χ1v) is 9.67. The van der Waals surface area contributed by atoms with Gasteiger partial charge >= 0.3 is 0 Å². The second kappa shape index (κ2) is 8.79. The number of nitrogens with zero attached hydrogens (tertiary/aromatic N) is 3. The van der Waals surface area contributed by atoms with Gasteiger partial charge in [0.05, 0.1) is 37.4 Å². The van der Waals surface area contributed by atoms with Crippen LogP contribution in [0.4, 0.5) is 28.8 Å².